The summed E-state index contributed by atoms with van der Waals surface area (Å²) in [4.78, 5) is 11.8. The molecule has 0 aliphatic carbocycles. The van der Waals surface area contributed by atoms with E-state index < -0.39 is 0 Å². The van der Waals surface area contributed by atoms with Gasteiger partial charge in [-0.15, -0.1) is 0 Å². The maximum atomic E-state index is 11.8. The van der Waals surface area contributed by atoms with Gasteiger partial charge in [-0.3, -0.25) is 4.79 Å². The van der Waals surface area contributed by atoms with Gasteiger partial charge in [-0.1, -0.05) is 0 Å². The van der Waals surface area contributed by atoms with E-state index in [0.717, 1.165) is 38.7 Å². The number of nitriles is 1. The van der Waals surface area contributed by atoms with E-state index in [1.165, 1.54) is 6.20 Å². The van der Waals surface area contributed by atoms with Crippen LogP contribution in [0.25, 0.3) is 0 Å². The van der Waals surface area contributed by atoms with Crippen LogP contribution in [0.2, 0.25) is 0 Å². The van der Waals surface area contributed by atoms with Crippen LogP contribution in [-0.4, -0.2) is 43.4 Å². The zero-order chi connectivity index (χ0) is 14.6. The lowest BCUT2D eigenvalue weighted by Crippen LogP contribution is -2.33. The number of nitrogens with one attached hydrogen (secondary N) is 2. The van der Waals surface area contributed by atoms with Gasteiger partial charge in [-0.25, -0.2) is 0 Å². The van der Waals surface area contributed by atoms with Crippen LogP contribution in [0, 0.1) is 11.3 Å². The van der Waals surface area contributed by atoms with Crippen molar-refractivity contribution in [2.24, 2.45) is 0 Å². The zero-order valence-electron chi connectivity index (χ0n) is 11.7. The number of unbranched alkanes of at least 4 members (excludes halogenated alkanes) is 2. The van der Waals surface area contributed by atoms with E-state index in [1.807, 2.05) is 6.07 Å². The molecular formula is C14H23N3O3. The van der Waals surface area contributed by atoms with Crippen LogP contribution in [-0.2, 0) is 9.53 Å². The maximum Gasteiger partial charge on any atom is 0.263 e. The lowest BCUT2D eigenvalue weighted by atomic mass is 10.2. The lowest BCUT2D eigenvalue weighted by Gasteiger charge is -2.10. The smallest absolute Gasteiger partial charge is 0.263 e. The van der Waals surface area contributed by atoms with Crippen LogP contribution in [0.5, 0.6) is 0 Å². The Labute approximate surface area is 119 Å². The first-order valence-electron chi connectivity index (χ1n) is 7.12. The third kappa shape index (κ3) is 6.55. The van der Waals surface area contributed by atoms with E-state index in [-0.39, 0.29) is 24.2 Å². The number of nitrogens with zero attached hydrogens (tertiary/aromatic N) is 1. The number of rotatable bonds is 9. The van der Waals surface area contributed by atoms with Crippen LogP contribution < -0.4 is 10.6 Å². The summed E-state index contributed by atoms with van der Waals surface area (Å²) in [6.45, 7) is 2.08. The van der Waals surface area contributed by atoms with Gasteiger partial charge in [0.2, 0.25) is 0 Å². The normalized spacial score (nSPS) is 18.6. The number of ether oxygens (including phenoxy) is 1. The quantitative estimate of drug-likeness (QED) is 0.324. The molecule has 0 aromatic rings. The van der Waals surface area contributed by atoms with Gasteiger partial charge in [0.25, 0.3) is 5.91 Å². The first-order valence-corrected chi connectivity index (χ1v) is 7.12. The molecule has 20 heavy (non-hydrogen) atoms. The van der Waals surface area contributed by atoms with E-state index in [9.17, 15) is 4.79 Å². The largest absolute Gasteiger partial charge is 0.396 e. The molecule has 0 saturated carbocycles. The molecule has 1 unspecified atom stereocenters. The molecule has 0 spiro atoms. The molecule has 0 bridgehead atoms. The molecule has 1 aliphatic heterocycles. The van der Waals surface area contributed by atoms with Crippen molar-refractivity contribution < 1.29 is 14.6 Å². The predicted molar refractivity (Wildman–Crippen MR) is 74.6 cm³/mol. The standard InChI is InChI=1S/C14H23N3O3/c15-9-12(10-16-6-2-1-3-7-18)14(19)17-11-13-5-4-8-20-13/h10,13,16,18H,1-8,11H2,(H,17,19)/b12-10-. The fourth-order valence-corrected chi connectivity index (χ4v) is 1.95. The molecule has 0 aromatic heterocycles. The number of aliphatic hydroxyl groups is 1. The Bertz CT molecular complexity index is 357. The van der Waals surface area contributed by atoms with Crippen molar-refractivity contribution >= 4 is 5.91 Å². The summed E-state index contributed by atoms with van der Waals surface area (Å²) < 4.78 is 5.40. The number of aliphatic hydroxyl groups excluding tert-OH is 1. The summed E-state index contributed by atoms with van der Waals surface area (Å²) in [6.07, 6.45) is 6.09. The molecule has 1 saturated heterocycles. The van der Waals surface area contributed by atoms with Gasteiger partial charge in [0.15, 0.2) is 0 Å². The molecule has 1 rings (SSSR count). The van der Waals surface area contributed by atoms with E-state index in [2.05, 4.69) is 10.6 Å². The molecule has 1 amide bonds. The number of hydrogen-bond donors (Lipinski definition) is 3. The monoisotopic (exact) mass is 281 g/mol. The van der Waals surface area contributed by atoms with Gasteiger partial charge in [-0.2, -0.15) is 5.26 Å². The summed E-state index contributed by atoms with van der Waals surface area (Å²) >= 11 is 0. The highest BCUT2D eigenvalue weighted by Crippen LogP contribution is 2.10. The van der Waals surface area contributed by atoms with E-state index in [1.54, 1.807) is 0 Å². The van der Waals surface area contributed by atoms with Crippen molar-refractivity contribution in [2.75, 3.05) is 26.3 Å². The van der Waals surface area contributed by atoms with Gasteiger partial charge in [0, 0.05) is 32.5 Å². The molecule has 0 aromatic carbocycles. The van der Waals surface area contributed by atoms with Crippen LogP contribution in [0.4, 0.5) is 0 Å². The van der Waals surface area contributed by atoms with Crippen LogP contribution in [0.15, 0.2) is 11.8 Å². The molecule has 1 heterocycles. The number of hydrogen-bond acceptors (Lipinski definition) is 5. The summed E-state index contributed by atoms with van der Waals surface area (Å²) in [6, 6.07) is 1.89. The minimum Gasteiger partial charge on any atom is -0.396 e. The van der Waals surface area contributed by atoms with Crippen LogP contribution >= 0.6 is 0 Å². The Morgan fingerprint density at radius 1 is 1.45 bits per heavy atom. The summed E-state index contributed by atoms with van der Waals surface area (Å²) in [5, 5.41) is 23.2. The fourth-order valence-electron chi connectivity index (χ4n) is 1.95. The Morgan fingerprint density at radius 2 is 2.30 bits per heavy atom. The van der Waals surface area contributed by atoms with E-state index in [4.69, 9.17) is 15.1 Å². The minimum absolute atomic E-state index is 0.0742. The first-order chi connectivity index (χ1) is 9.77. The number of amides is 1. The lowest BCUT2D eigenvalue weighted by molar-refractivity contribution is -0.117. The highest BCUT2D eigenvalue weighted by molar-refractivity contribution is 5.97. The van der Waals surface area contributed by atoms with E-state index >= 15 is 0 Å². The Kier molecular flexibility index (Phi) is 8.43. The van der Waals surface area contributed by atoms with Crippen LogP contribution in [0.3, 0.4) is 0 Å². The molecule has 6 heteroatoms. The molecule has 112 valence electrons. The fraction of sp³-hybridized carbons (Fsp3) is 0.714. The molecule has 1 fully saturated rings. The highest BCUT2D eigenvalue weighted by atomic mass is 16.5. The zero-order valence-corrected chi connectivity index (χ0v) is 11.7. The van der Waals surface area contributed by atoms with Gasteiger partial charge in [0.05, 0.1) is 6.10 Å². The van der Waals surface area contributed by atoms with Crippen molar-refractivity contribution in [2.45, 2.75) is 38.2 Å². The second kappa shape index (κ2) is 10.2. The SMILES string of the molecule is N#C/C(=C/NCCCCCO)C(=O)NCC1CCCO1. The van der Waals surface area contributed by atoms with Gasteiger partial charge in [0.1, 0.15) is 11.6 Å². The van der Waals surface area contributed by atoms with Crippen molar-refractivity contribution in [3.8, 4) is 6.07 Å². The van der Waals surface area contributed by atoms with Gasteiger partial charge < -0.3 is 20.5 Å². The topological polar surface area (TPSA) is 94.4 Å². The Hall–Kier alpha value is -1.58. The van der Waals surface area contributed by atoms with Crippen molar-refractivity contribution in [1.29, 1.82) is 5.26 Å². The molecule has 0 radical (unpaired) electrons. The van der Waals surface area contributed by atoms with Crippen LogP contribution in [0.1, 0.15) is 32.1 Å². The van der Waals surface area contributed by atoms with Gasteiger partial charge >= 0.3 is 0 Å². The Morgan fingerprint density at radius 3 is 2.95 bits per heavy atom. The van der Waals surface area contributed by atoms with Gasteiger partial charge in [-0.05, 0) is 32.1 Å². The average molecular weight is 281 g/mol. The molecule has 3 N–H and O–H groups in total. The second-order valence-corrected chi connectivity index (χ2v) is 4.75. The highest BCUT2D eigenvalue weighted by Gasteiger charge is 2.17. The predicted octanol–water partition coefficient (Wildman–Crippen LogP) is 0.441. The number of carbonyl (C=O) groups is 1. The second-order valence-electron chi connectivity index (χ2n) is 4.75. The molecular weight excluding hydrogens is 258 g/mol. The number of carbonyl (C=O) groups excluding carboxylic acids is 1. The third-order valence-corrected chi connectivity index (χ3v) is 3.10. The van der Waals surface area contributed by atoms with Crippen molar-refractivity contribution in [3.63, 3.8) is 0 Å². The average Bonchev–Trinajstić information content (AvgIpc) is 2.97. The summed E-state index contributed by atoms with van der Waals surface area (Å²) in [5.41, 5.74) is 0.0742. The van der Waals surface area contributed by atoms with Crippen molar-refractivity contribution in [3.05, 3.63) is 11.8 Å². The molecule has 1 atom stereocenters. The first kappa shape index (κ1) is 16.5. The van der Waals surface area contributed by atoms with Crippen molar-refractivity contribution in [1.82, 2.24) is 10.6 Å². The summed E-state index contributed by atoms with van der Waals surface area (Å²) in [7, 11) is 0. The van der Waals surface area contributed by atoms with E-state index in [0.29, 0.717) is 13.1 Å². The third-order valence-electron chi connectivity index (χ3n) is 3.10. The minimum atomic E-state index is -0.370. The summed E-state index contributed by atoms with van der Waals surface area (Å²) in [5.74, 6) is -0.370. The maximum absolute atomic E-state index is 11.8. The molecule has 6 nitrogen and oxygen atoms in total. The Balaban J connectivity index is 2.21. The molecule has 1 aliphatic rings.